The van der Waals surface area contributed by atoms with Gasteiger partial charge < -0.3 is 15.5 Å². The summed E-state index contributed by atoms with van der Waals surface area (Å²) in [5.41, 5.74) is -1.88. The van der Waals surface area contributed by atoms with Crippen molar-refractivity contribution < 1.29 is 19.8 Å². The Balaban J connectivity index is 1.39. The number of hydrogen-bond donors (Lipinski definition) is 4. The predicted octanol–water partition coefficient (Wildman–Crippen LogP) is 1.96. The molecule has 0 radical (unpaired) electrons. The van der Waals surface area contributed by atoms with Crippen molar-refractivity contribution in [2.45, 2.75) is 56.5 Å². The molecular weight excluding hydrogens is 356 g/mol. The molecule has 1 aromatic rings. The number of amides is 2. The van der Waals surface area contributed by atoms with E-state index < -0.39 is 24.1 Å². The number of carboxylic acids is 1. The van der Waals surface area contributed by atoms with Gasteiger partial charge in [0.1, 0.15) is 5.01 Å². The van der Waals surface area contributed by atoms with E-state index in [1.807, 2.05) is 0 Å². The number of aliphatic hydroxyl groups is 1. The summed E-state index contributed by atoms with van der Waals surface area (Å²) in [5, 5.41) is 33.4. The van der Waals surface area contributed by atoms with E-state index in [2.05, 4.69) is 20.8 Å². The lowest BCUT2D eigenvalue weighted by molar-refractivity contribution is -0.155. The highest BCUT2D eigenvalue weighted by Crippen LogP contribution is 2.61. The lowest BCUT2D eigenvalue weighted by Crippen LogP contribution is -2.48. The molecule has 9 heteroatoms. The predicted molar refractivity (Wildman–Crippen MR) is 95.0 cm³/mol. The summed E-state index contributed by atoms with van der Waals surface area (Å²) in [4.78, 5) is 22.8. The Bertz CT molecular complexity index is 697. The molecule has 2 amide bonds. The van der Waals surface area contributed by atoms with Crippen LogP contribution >= 0.6 is 11.3 Å². The average molecular weight is 380 g/mol. The van der Waals surface area contributed by atoms with Crippen molar-refractivity contribution in [1.29, 1.82) is 0 Å². The molecule has 0 saturated heterocycles. The van der Waals surface area contributed by atoms with Gasteiger partial charge in [0.15, 0.2) is 5.60 Å². The summed E-state index contributed by atoms with van der Waals surface area (Å²) >= 11 is 1.42. The minimum Gasteiger partial charge on any atom is -0.479 e. The third kappa shape index (κ3) is 3.18. The Morgan fingerprint density at radius 2 is 1.77 bits per heavy atom. The number of anilines is 1. The molecule has 142 valence electrons. The van der Waals surface area contributed by atoms with E-state index >= 15 is 0 Å². The van der Waals surface area contributed by atoms with E-state index in [-0.39, 0.29) is 5.41 Å². The van der Waals surface area contributed by atoms with Gasteiger partial charge in [-0.15, -0.1) is 10.2 Å². The zero-order chi connectivity index (χ0) is 18.5. The van der Waals surface area contributed by atoms with Gasteiger partial charge in [-0.3, -0.25) is 5.32 Å². The number of nitrogens with one attached hydrogen (secondary N) is 2. The Morgan fingerprint density at radius 1 is 1.19 bits per heavy atom. The number of hydrogen-bond acceptors (Lipinski definition) is 6. The van der Waals surface area contributed by atoms with E-state index in [1.54, 1.807) is 0 Å². The lowest BCUT2D eigenvalue weighted by Gasteiger charge is -2.55. The van der Waals surface area contributed by atoms with Crippen LogP contribution in [0, 0.1) is 17.8 Å². The maximum Gasteiger partial charge on any atom is 0.337 e. The molecule has 0 spiro atoms. The number of urea groups is 1. The second kappa shape index (κ2) is 6.16. The van der Waals surface area contributed by atoms with Gasteiger partial charge in [0.2, 0.25) is 5.13 Å². The fraction of sp³-hybridized carbons (Fsp3) is 0.765. The molecule has 4 aliphatic rings. The summed E-state index contributed by atoms with van der Waals surface area (Å²) in [6.45, 7) is 0.737. The highest BCUT2D eigenvalue weighted by Gasteiger charge is 2.53. The summed E-state index contributed by atoms with van der Waals surface area (Å²) in [6, 6.07) is -0.597. The summed E-state index contributed by atoms with van der Waals surface area (Å²) in [5.74, 6) is 1.03. The number of carbonyl (C=O) groups is 2. The fourth-order valence-corrected chi connectivity index (χ4v) is 6.29. The van der Waals surface area contributed by atoms with E-state index in [0.717, 1.165) is 29.7 Å². The molecular formula is C17H24N4O4S. The van der Waals surface area contributed by atoms with Crippen molar-refractivity contribution in [2.75, 3.05) is 11.9 Å². The van der Waals surface area contributed by atoms with E-state index in [0.29, 0.717) is 5.13 Å². The first-order valence-electron chi connectivity index (χ1n) is 9.10. The van der Waals surface area contributed by atoms with Crippen molar-refractivity contribution in [3.05, 3.63) is 5.01 Å². The van der Waals surface area contributed by atoms with Crippen LogP contribution in [0.4, 0.5) is 9.93 Å². The Hall–Kier alpha value is -1.74. The normalized spacial score (nSPS) is 34.3. The Morgan fingerprint density at radius 3 is 2.31 bits per heavy atom. The van der Waals surface area contributed by atoms with Crippen molar-refractivity contribution >= 4 is 28.5 Å². The molecule has 1 unspecified atom stereocenters. The van der Waals surface area contributed by atoms with Crippen LogP contribution in [0.25, 0.3) is 0 Å². The molecule has 1 atom stereocenters. The molecule has 1 heterocycles. The summed E-state index contributed by atoms with van der Waals surface area (Å²) < 4.78 is 0. The number of aliphatic carboxylic acids is 1. The van der Waals surface area contributed by atoms with Crippen LogP contribution in [0.15, 0.2) is 0 Å². The largest absolute Gasteiger partial charge is 0.479 e. The molecule has 4 fully saturated rings. The molecule has 4 bridgehead atoms. The molecule has 1 aromatic heterocycles. The van der Waals surface area contributed by atoms with Crippen LogP contribution < -0.4 is 10.6 Å². The average Bonchev–Trinajstić information content (AvgIpc) is 3.01. The zero-order valence-corrected chi connectivity index (χ0v) is 15.5. The second-order valence-corrected chi connectivity index (χ2v) is 9.47. The number of nitrogens with zero attached hydrogens (tertiary/aromatic N) is 2. The lowest BCUT2D eigenvalue weighted by atomic mass is 9.50. The third-order valence-corrected chi connectivity index (χ3v) is 7.28. The third-order valence-electron chi connectivity index (χ3n) is 6.19. The van der Waals surface area contributed by atoms with Gasteiger partial charge >= 0.3 is 12.0 Å². The van der Waals surface area contributed by atoms with Crippen molar-refractivity contribution in [2.24, 2.45) is 17.8 Å². The first-order valence-corrected chi connectivity index (χ1v) is 9.92. The van der Waals surface area contributed by atoms with Crippen LogP contribution in [0.2, 0.25) is 0 Å². The van der Waals surface area contributed by atoms with E-state index in [4.69, 9.17) is 5.11 Å². The van der Waals surface area contributed by atoms with Crippen LogP contribution in [0.1, 0.15) is 50.5 Å². The minimum absolute atomic E-state index is 0.135. The number of rotatable bonds is 5. The topological polar surface area (TPSA) is 124 Å². The standard InChI is InChI=1S/C17H24N4O4S/c1-16(25,13(22)23)8-18-14(24)19-15-21-20-12(26-15)17-5-9-2-10(6-17)4-11(3-9)7-17/h9-11,25H,2-8H2,1H3,(H,22,23)(H2,18,19,21,24). The monoisotopic (exact) mass is 380 g/mol. The molecule has 4 saturated carbocycles. The molecule has 4 aliphatic carbocycles. The van der Waals surface area contributed by atoms with Crippen molar-refractivity contribution in [3.63, 3.8) is 0 Å². The van der Waals surface area contributed by atoms with E-state index in [9.17, 15) is 14.7 Å². The van der Waals surface area contributed by atoms with Gasteiger partial charge in [0, 0.05) is 5.41 Å². The number of carbonyl (C=O) groups excluding carboxylic acids is 1. The highest BCUT2D eigenvalue weighted by molar-refractivity contribution is 7.15. The molecule has 0 aromatic carbocycles. The molecule has 5 rings (SSSR count). The van der Waals surface area contributed by atoms with Gasteiger partial charge in [-0.1, -0.05) is 11.3 Å². The van der Waals surface area contributed by atoms with Crippen LogP contribution in [0.5, 0.6) is 0 Å². The maximum absolute atomic E-state index is 12.0. The van der Waals surface area contributed by atoms with Gasteiger partial charge in [-0.25, -0.2) is 9.59 Å². The molecule has 0 aliphatic heterocycles. The van der Waals surface area contributed by atoms with Crippen molar-refractivity contribution in [3.8, 4) is 0 Å². The first-order chi connectivity index (χ1) is 12.3. The smallest absolute Gasteiger partial charge is 0.337 e. The van der Waals surface area contributed by atoms with Gasteiger partial charge in [0.05, 0.1) is 6.54 Å². The zero-order valence-electron chi connectivity index (χ0n) is 14.7. The minimum atomic E-state index is -2.01. The van der Waals surface area contributed by atoms with Gasteiger partial charge in [-0.05, 0) is 63.2 Å². The number of aromatic nitrogens is 2. The molecule has 8 nitrogen and oxygen atoms in total. The SMILES string of the molecule is CC(O)(CNC(=O)Nc1nnc(C23CC4CC(CC(C4)C2)C3)s1)C(=O)O. The second-order valence-electron chi connectivity index (χ2n) is 8.50. The highest BCUT2D eigenvalue weighted by atomic mass is 32.1. The quantitative estimate of drug-likeness (QED) is 0.619. The summed E-state index contributed by atoms with van der Waals surface area (Å²) in [7, 11) is 0. The summed E-state index contributed by atoms with van der Waals surface area (Å²) in [6.07, 6.45) is 7.61. The van der Waals surface area contributed by atoms with Gasteiger partial charge in [0.25, 0.3) is 0 Å². The number of carboxylic acid groups (broad SMARTS) is 1. The Kier molecular flexibility index (Phi) is 4.18. The van der Waals surface area contributed by atoms with Gasteiger partial charge in [-0.2, -0.15) is 0 Å². The Labute approximate surface area is 155 Å². The van der Waals surface area contributed by atoms with Crippen molar-refractivity contribution in [1.82, 2.24) is 15.5 Å². The molecule has 4 N–H and O–H groups in total. The van der Waals surface area contributed by atoms with Crippen LogP contribution in [-0.4, -0.2) is 44.6 Å². The fourth-order valence-electron chi connectivity index (χ4n) is 5.33. The van der Waals surface area contributed by atoms with Crippen LogP contribution in [-0.2, 0) is 10.2 Å². The first kappa shape index (κ1) is 17.7. The maximum atomic E-state index is 12.0. The van der Waals surface area contributed by atoms with E-state index in [1.165, 1.54) is 49.9 Å². The molecule has 26 heavy (non-hydrogen) atoms. The van der Waals surface area contributed by atoms with Crippen LogP contribution in [0.3, 0.4) is 0 Å².